The summed E-state index contributed by atoms with van der Waals surface area (Å²) in [6.45, 7) is 4.16. The number of benzene rings is 2. The molecule has 0 aromatic heterocycles. The summed E-state index contributed by atoms with van der Waals surface area (Å²) in [7, 11) is 1.81. The standard InChI is InChI=1S/C22H26N4O3/c1-15-8-10-17(11-9-15)23-21(28)13-25(3)14-22(29)26-16(2)12-20(27)24-18-6-4-5-7-19(18)26/h4-11,16H,12-14H2,1-3H3,(H,23,28)(H,24,27)/p+1/t16-/m0/s1. The molecule has 1 aliphatic rings. The smallest absolute Gasteiger partial charge is 0.282 e. The summed E-state index contributed by atoms with van der Waals surface area (Å²) in [4.78, 5) is 39.9. The van der Waals surface area contributed by atoms with Crippen molar-refractivity contribution in [2.75, 3.05) is 35.7 Å². The fourth-order valence-corrected chi connectivity index (χ4v) is 3.49. The Morgan fingerprint density at radius 3 is 2.55 bits per heavy atom. The minimum Gasteiger partial charge on any atom is -0.324 e. The molecule has 29 heavy (non-hydrogen) atoms. The Labute approximate surface area is 170 Å². The first-order valence-corrected chi connectivity index (χ1v) is 9.72. The lowest BCUT2D eigenvalue weighted by Crippen LogP contribution is -3.11. The molecule has 1 unspecified atom stereocenters. The van der Waals surface area contributed by atoms with Crippen molar-refractivity contribution in [2.45, 2.75) is 26.3 Å². The van der Waals surface area contributed by atoms with E-state index in [2.05, 4.69) is 10.6 Å². The molecule has 3 N–H and O–H groups in total. The quantitative estimate of drug-likeness (QED) is 0.712. The second-order valence-corrected chi connectivity index (χ2v) is 7.61. The van der Waals surface area contributed by atoms with Crippen LogP contribution in [0.4, 0.5) is 17.1 Å². The van der Waals surface area contributed by atoms with Gasteiger partial charge in [0.1, 0.15) is 0 Å². The predicted octanol–water partition coefficient (Wildman–Crippen LogP) is 1.21. The van der Waals surface area contributed by atoms with E-state index in [1.54, 1.807) is 11.0 Å². The van der Waals surface area contributed by atoms with Gasteiger partial charge in [0.05, 0.1) is 18.4 Å². The molecule has 3 amide bonds. The van der Waals surface area contributed by atoms with Crippen LogP contribution in [-0.4, -0.2) is 43.9 Å². The Balaban J connectivity index is 1.64. The van der Waals surface area contributed by atoms with Crippen LogP contribution >= 0.6 is 0 Å². The van der Waals surface area contributed by atoms with Gasteiger partial charge in [-0.25, -0.2) is 0 Å². The molecule has 0 fully saturated rings. The van der Waals surface area contributed by atoms with Crippen molar-refractivity contribution < 1.29 is 19.3 Å². The van der Waals surface area contributed by atoms with Gasteiger partial charge in [-0.3, -0.25) is 14.4 Å². The van der Waals surface area contributed by atoms with E-state index in [1.807, 2.05) is 63.4 Å². The van der Waals surface area contributed by atoms with Gasteiger partial charge in [-0.1, -0.05) is 29.8 Å². The number of nitrogens with one attached hydrogen (secondary N) is 3. The average molecular weight is 395 g/mol. The van der Waals surface area contributed by atoms with E-state index < -0.39 is 0 Å². The number of rotatable bonds is 5. The van der Waals surface area contributed by atoms with Gasteiger partial charge in [0, 0.05) is 18.2 Å². The summed E-state index contributed by atoms with van der Waals surface area (Å²) in [6.07, 6.45) is 0.230. The maximum absolute atomic E-state index is 13.1. The first-order chi connectivity index (χ1) is 13.8. The summed E-state index contributed by atoms with van der Waals surface area (Å²) in [5, 5.41) is 5.70. The molecule has 0 bridgehead atoms. The molecule has 152 valence electrons. The van der Waals surface area contributed by atoms with Crippen molar-refractivity contribution in [3.8, 4) is 0 Å². The molecule has 3 rings (SSSR count). The first-order valence-electron chi connectivity index (χ1n) is 9.72. The zero-order chi connectivity index (χ0) is 21.0. The van der Waals surface area contributed by atoms with E-state index in [0.29, 0.717) is 11.4 Å². The van der Waals surface area contributed by atoms with Crippen LogP contribution in [0.3, 0.4) is 0 Å². The molecule has 0 radical (unpaired) electrons. The lowest BCUT2D eigenvalue weighted by atomic mass is 10.1. The van der Waals surface area contributed by atoms with Gasteiger partial charge < -0.3 is 20.4 Å². The molecule has 0 saturated carbocycles. The van der Waals surface area contributed by atoms with Crippen LogP contribution in [-0.2, 0) is 14.4 Å². The van der Waals surface area contributed by atoms with Crippen LogP contribution in [0, 0.1) is 6.92 Å². The van der Waals surface area contributed by atoms with Crippen molar-refractivity contribution in [3.63, 3.8) is 0 Å². The molecule has 0 aliphatic carbocycles. The van der Waals surface area contributed by atoms with Crippen molar-refractivity contribution in [3.05, 3.63) is 54.1 Å². The van der Waals surface area contributed by atoms with Crippen LogP contribution < -0.4 is 20.4 Å². The third-order valence-electron chi connectivity index (χ3n) is 4.88. The summed E-state index contributed by atoms with van der Waals surface area (Å²) in [6, 6.07) is 14.6. The monoisotopic (exact) mass is 395 g/mol. The zero-order valence-corrected chi connectivity index (χ0v) is 17.0. The van der Waals surface area contributed by atoms with E-state index in [0.717, 1.165) is 16.2 Å². The maximum Gasteiger partial charge on any atom is 0.282 e. The normalized spacial score (nSPS) is 17.0. The Kier molecular flexibility index (Phi) is 6.29. The number of anilines is 3. The number of aryl methyl sites for hydroxylation is 1. The Bertz CT molecular complexity index is 911. The summed E-state index contributed by atoms with van der Waals surface area (Å²) in [5.41, 5.74) is 3.17. The van der Waals surface area contributed by atoms with Crippen LogP contribution in [0.25, 0.3) is 0 Å². The summed E-state index contributed by atoms with van der Waals surface area (Å²) >= 11 is 0. The van der Waals surface area contributed by atoms with E-state index in [4.69, 9.17) is 0 Å². The largest absolute Gasteiger partial charge is 0.324 e. The van der Waals surface area contributed by atoms with E-state index in [9.17, 15) is 14.4 Å². The summed E-state index contributed by atoms with van der Waals surface area (Å²) < 4.78 is 0. The lowest BCUT2D eigenvalue weighted by Gasteiger charge is -2.28. The SMILES string of the molecule is Cc1ccc(NC(=O)C[NH+](C)CC(=O)N2c3ccccc3NC(=O)C[C@@H]2C)cc1. The number of quaternary nitrogens is 1. The highest BCUT2D eigenvalue weighted by atomic mass is 16.2. The molecule has 2 aromatic rings. The maximum atomic E-state index is 13.1. The number of fused-ring (bicyclic) bond motifs is 1. The zero-order valence-electron chi connectivity index (χ0n) is 17.0. The number of nitrogens with zero attached hydrogens (tertiary/aromatic N) is 1. The van der Waals surface area contributed by atoms with Gasteiger partial charge in [-0.2, -0.15) is 0 Å². The average Bonchev–Trinajstić information content (AvgIpc) is 2.77. The van der Waals surface area contributed by atoms with Crippen molar-refractivity contribution in [2.24, 2.45) is 0 Å². The number of carbonyl (C=O) groups excluding carboxylic acids is 3. The highest BCUT2D eigenvalue weighted by Crippen LogP contribution is 2.30. The number of hydrogen-bond acceptors (Lipinski definition) is 3. The van der Waals surface area contributed by atoms with Crippen molar-refractivity contribution >= 4 is 34.8 Å². The van der Waals surface area contributed by atoms with Gasteiger partial charge in [0.2, 0.25) is 5.91 Å². The predicted molar refractivity (Wildman–Crippen MR) is 113 cm³/mol. The second-order valence-electron chi connectivity index (χ2n) is 7.61. The summed E-state index contributed by atoms with van der Waals surface area (Å²) in [5.74, 6) is -0.388. The van der Waals surface area contributed by atoms with Crippen LogP contribution in [0.2, 0.25) is 0 Å². The lowest BCUT2D eigenvalue weighted by molar-refractivity contribution is -0.862. The van der Waals surface area contributed by atoms with Gasteiger partial charge >= 0.3 is 0 Å². The highest BCUT2D eigenvalue weighted by molar-refractivity contribution is 6.04. The van der Waals surface area contributed by atoms with Gasteiger partial charge in [0.25, 0.3) is 11.8 Å². The van der Waals surface area contributed by atoms with Gasteiger partial charge in [0.15, 0.2) is 13.1 Å². The Morgan fingerprint density at radius 2 is 1.83 bits per heavy atom. The minimum atomic E-state index is -0.264. The van der Waals surface area contributed by atoms with Crippen LogP contribution in [0.1, 0.15) is 18.9 Å². The molecular formula is C22H27N4O3+. The molecule has 1 heterocycles. The molecule has 7 nitrogen and oxygen atoms in total. The van der Waals surface area contributed by atoms with Crippen molar-refractivity contribution in [1.29, 1.82) is 0 Å². The topological polar surface area (TPSA) is 82.9 Å². The van der Waals surface area contributed by atoms with E-state index in [-0.39, 0.29) is 43.3 Å². The highest BCUT2D eigenvalue weighted by Gasteiger charge is 2.31. The molecule has 0 saturated heterocycles. The minimum absolute atomic E-state index is 0.113. The van der Waals surface area contributed by atoms with E-state index >= 15 is 0 Å². The number of hydrogen-bond donors (Lipinski definition) is 3. The molecule has 2 aromatic carbocycles. The third kappa shape index (κ3) is 5.20. The number of carbonyl (C=O) groups is 3. The van der Waals surface area contributed by atoms with Crippen LogP contribution in [0.5, 0.6) is 0 Å². The number of para-hydroxylation sites is 2. The number of likely N-dealkylation sites (N-methyl/N-ethyl adjacent to an activating group) is 1. The second kappa shape index (κ2) is 8.87. The molecule has 7 heteroatoms. The molecule has 0 spiro atoms. The Hall–Kier alpha value is -3.19. The van der Waals surface area contributed by atoms with Gasteiger partial charge in [-0.15, -0.1) is 0 Å². The fourth-order valence-electron chi connectivity index (χ4n) is 3.49. The fraction of sp³-hybridized carbons (Fsp3) is 0.318. The van der Waals surface area contributed by atoms with E-state index in [1.165, 1.54) is 0 Å². The molecule has 2 atom stereocenters. The molecular weight excluding hydrogens is 368 g/mol. The number of amides is 3. The first kappa shape index (κ1) is 20.5. The Morgan fingerprint density at radius 1 is 1.14 bits per heavy atom. The van der Waals surface area contributed by atoms with Crippen molar-refractivity contribution in [1.82, 2.24) is 0 Å². The van der Waals surface area contributed by atoms with Gasteiger partial charge in [-0.05, 0) is 38.1 Å². The molecule has 1 aliphatic heterocycles. The third-order valence-corrected chi connectivity index (χ3v) is 4.88. The van der Waals surface area contributed by atoms with Crippen LogP contribution in [0.15, 0.2) is 48.5 Å².